The zero-order valence-electron chi connectivity index (χ0n) is 11.8. The molecule has 104 valence electrons. The van der Waals surface area contributed by atoms with Crippen LogP contribution in [-0.2, 0) is 17.6 Å². The number of piperazine rings is 1. The molecule has 1 aromatic carbocycles. The van der Waals surface area contributed by atoms with Crippen LogP contribution in [0.5, 0.6) is 0 Å². The zero-order chi connectivity index (χ0) is 13.5. The first-order chi connectivity index (χ1) is 9.28. The smallest absolute Gasteiger partial charge is 0.120 e. The standard InChI is InChI=1S/C16H24N2O/c1-17-10-12-18(13-11-17)9-8-16-6-4-15(5-7-16)3-2-14-19/h4-7,14H,2-3,8-13H2,1H3. The van der Waals surface area contributed by atoms with Gasteiger partial charge >= 0.3 is 0 Å². The third kappa shape index (κ3) is 4.77. The van der Waals surface area contributed by atoms with E-state index in [0.29, 0.717) is 6.42 Å². The third-order valence-electron chi connectivity index (χ3n) is 3.89. The first-order valence-electron chi connectivity index (χ1n) is 7.20. The van der Waals surface area contributed by atoms with Gasteiger partial charge in [0.05, 0.1) is 0 Å². The van der Waals surface area contributed by atoms with Crippen molar-refractivity contribution in [2.45, 2.75) is 19.3 Å². The van der Waals surface area contributed by atoms with Gasteiger partial charge in [0.2, 0.25) is 0 Å². The average Bonchev–Trinajstić information content (AvgIpc) is 2.46. The molecular formula is C16H24N2O. The molecule has 3 nitrogen and oxygen atoms in total. The lowest BCUT2D eigenvalue weighted by Gasteiger charge is -2.32. The molecule has 1 aliphatic rings. The van der Waals surface area contributed by atoms with Gasteiger partial charge in [-0.3, -0.25) is 0 Å². The van der Waals surface area contributed by atoms with Crippen LogP contribution in [0.25, 0.3) is 0 Å². The van der Waals surface area contributed by atoms with Crippen LogP contribution >= 0.6 is 0 Å². The Morgan fingerprint density at radius 3 is 2.16 bits per heavy atom. The molecule has 0 atom stereocenters. The lowest BCUT2D eigenvalue weighted by atomic mass is 10.1. The van der Waals surface area contributed by atoms with E-state index >= 15 is 0 Å². The Kier molecular flexibility index (Phi) is 5.55. The highest BCUT2D eigenvalue weighted by molar-refractivity contribution is 5.50. The SMILES string of the molecule is CN1CCN(CCc2ccc(CCC=O)cc2)CC1. The molecular weight excluding hydrogens is 236 g/mol. The monoisotopic (exact) mass is 260 g/mol. The van der Waals surface area contributed by atoms with Crippen molar-refractivity contribution in [1.82, 2.24) is 9.80 Å². The van der Waals surface area contributed by atoms with E-state index in [9.17, 15) is 4.79 Å². The highest BCUT2D eigenvalue weighted by atomic mass is 16.1. The quantitative estimate of drug-likeness (QED) is 0.726. The van der Waals surface area contributed by atoms with E-state index < -0.39 is 0 Å². The fraction of sp³-hybridized carbons (Fsp3) is 0.562. The molecule has 0 unspecified atom stereocenters. The van der Waals surface area contributed by atoms with Crippen LogP contribution in [-0.4, -0.2) is 55.9 Å². The fourth-order valence-electron chi connectivity index (χ4n) is 2.46. The summed E-state index contributed by atoms with van der Waals surface area (Å²) < 4.78 is 0. The number of benzene rings is 1. The summed E-state index contributed by atoms with van der Waals surface area (Å²) in [5.74, 6) is 0. The van der Waals surface area contributed by atoms with E-state index in [1.165, 1.54) is 37.3 Å². The van der Waals surface area contributed by atoms with Crippen LogP contribution in [0.4, 0.5) is 0 Å². The summed E-state index contributed by atoms with van der Waals surface area (Å²) in [6.07, 6.45) is 3.60. The first kappa shape index (κ1) is 14.2. The molecule has 0 radical (unpaired) electrons. The van der Waals surface area contributed by atoms with Crippen LogP contribution < -0.4 is 0 Å². The lowest BCUT2D eigenvalue weighted by Crippen LogP contribution is -2.45. The van der Waals surface area contributed by atoms with Crippen molar-refractivity contribution in [3.8, 4) is 0 Å². The highest BCUT2D eigenvalue weighted by Gasteiger charge is 2.12. The lowest BCUT2D eigenvalue weighted by molar-refractivity contribution is -0.107. The van der Waals surface area contributed by atoms with Crippen LogP contribution in [0.1, 0.15) is 17.5 Å². The maximum absolute atomic E-state index is 10.3. The number of likely N-dealkylation sites (N-methyl/N-ethyl adjacent to an activating group) is 1. The summed E-state index contributed by atoms with van der Waals surface area (Å²) in [5, 5.41) is 0. The summed E-state index contributed by atoms with van der Waals surface area (Å²) >= 11 is 0. The minimum Gasteiger partial charge on any atom is -0.304 e. The Hall–Kier alpha value is -1.19. The molecule has 1 saturated heterocycles. The van der Waals surface area contributed by atoms with Crippen molar-refractivity contribution in [1.29, 1.82) is 0 Å². The third-order valence-corrected chi connectivity index (χ3v) is 3.89. The van der Waals surface area contributed by atoms with Crippen LogP contribution in [0.3, 0.4) is 0 Å². The van der Waals surface area contributed by atoms with Gasteiger partial charge in [0.15, 0.2) is 0 Å². The Balaban J connectivity index is 1.75. The molecule has 0 amide bonds. The highest BCUT2D eigenvalue weighted by Crippen LogP contribution is 2.08. The van der Waals surface area contributed by atoms with Gasteiger partial charge in [-0.1, -0.05) is 24.3 Å². The molecule has 19 heavy (non-hydrogen) atoms. The molecule has 0 saturated carbocycles. The molecule has 1 heterocycles. The van der Waals surface area contributed by atoms with E-state index in [1.807, 2.05) is 0 Å². The second kappa shape index (κ2) is 7.41. The number of aryl methyl sites for hydroxylation is 1. The number of carbonyl (C=O) groups is 1. The normalized spacial score (nSPS) is 17.5. The van der Waals surface area contributed by atoms with Crippen LogP contribution in [0.2, 0.25) is 0 Å². The maximum atomic E-state index is 10.3. The number of nitrogens with zero attached hydrogens (tertiary/aromatic N) is 2. The Labute approximate surface area is 116 Å². The molecule has 0 N–H and O–H groups in total. The summed E-state index contributed by atoms with van der Waals surface area (Å²) in [6, 6.07) is 8.72. The Morgan fingerprint density at radius 2 is 1.58 bits per heavy atom. The van der Waals surface area contributed by atoms with E-state index in [4.69, 9.17) is 0 Å². The molecule has 0 aliphatic carbocycles. The van der Waals surface area contributed by atoms with Crippen molar-refractivity contribution >= 4 is 6.29 Å². The molecule has 0 aromatic heterocycles. The number of carbonyl (C=O) groups excluding carboxylic acids is 1. The largest absolute Gasteiger partial charge is 0.304 e. The Morgan fingerprint density at radius 1 is 1.00 bits per heavy atom. The van der Waals surface area contributed by atoms with Crippen molar-refractivity contribution in [2.75, 3.05) is 39.8 Å². The van der Waals surface area contributed by atoms with E-state index in [1.54, 1.807) is 0 Å². The number of aldehydes is 1. The van der Waals surface area contributed by atoms with Crippen LogP contribution in [0, 0.1) is 0 Å². The van der Waals surface area contributed by atoms with Gasteiger partial charge in [0.1, 0.15) is 6.29 Å². The van der Waals surface area contributed by atoms with Crippen LogP contribution in [0.15, 0.2) is 24.3 Å². The molecule has 1 aromatic rings. The molecule has 1 fully saturated rings. The number of rotatable bonds is 6. The van der Waals surface area contributed by atoms with Crippen molar-refractivity contribution < 1.29 is 4.79 Å². The molecule has 0 spiro atoms. The topological polar surface area (TPSA) is 23.6 Å². The number of hydrogen-bond acceptors (Lipinski definition) is 3. The van der Waals surface area contributed by atoms with Gasteiger partial charge in [0, 0.05) is 39.1 Å². The number of hydrogen-bond donors (Lipinski definition) is 0. The van der Waals surface area contributed by atoms with Gasteiger partial charge in [0.25, 0.3) is 0 Å². The molecule has 0 bridgehead atoms. The van der Waals surface area contributed by atoms with Crippen molar-refractivity contribution in [2.24, 2.45) is 0 Å². The minimum absolute atomic E-state index is 0.626. The second-order valence-electron chi connectivity index (χ2n) is 5.42. The fourth-order valence-corrected chi connectivity index (χ4v) is 2.46. The molecule has 3 heteroatoms. The van der Waals surface area contributed by atoms with Gasteiger partial charge in [-0.2, -0.15) is 0 Å². The van der Waals surface area contributed by atoms with Gasteiger partial charge in [-0.15, -0.1) is 0 Å². The maximum Gasteiger partial charge on any atom is 0.120 e. The van der Waals surface area contributed by atoms with Gasteiger partial charge in [-0.25, -0.2) is 0 Å². The zero-order valence-corrected chi connectivity index (χ0v) is 11.8. The summed E-state index contributed by atoms with van der Waals surface area (Å²) in [4.78, 5) is 15.3. The van der Waals surface area contributed by atoms with E-state index in [0.717, 1.165) is 25.7 Å². The summed E-state index contributed by atoms with van der Waals surface area (Å²) in [7, 11) is 2.19. The van der Waals surface area contributed by atoms with E-state index in [-0.39, 0.29) is 0 Å². The van der Waals surface area contributed by atoms with Crippen molar-refractivity contribution in [3.05, 3.63) is 35.4 Å². The second-order valence-corrected chi connectivity index (χ2v) is 5.42. The summed E-state index contributed by atoms with van der Waals surface area (Å²) in [6.45, 7) is 5.90. The van der Waals surface area contributed by atoms with Gasteiger partial charge < -0.3 is 14.6 Å². The van der Waals surface area contributed by atoms with E-state index in [2.05, 4.69) is 41.1 Å². The van der Waals surface area contributed by atoms with Crippen molar-refractivity contribution in [3.63, 3.8) is 0 Å². The predicted molar refractivity (Wildman–Crippen MR) is 78.5 cm³/mol. The minimum atomic E-state index is 0.626. The predicted octanol–water partition coefficient (Wildman–Crippen LogP) is 1.61. The average molecular weight is 260 g/mol. The molecule has 2 rings (SSSR count). The Bertz CT molecular complexity index is 380. The van der Waals surface area contributed by atoms with Gasteiger partial charge in [-0.05, 0) is 31.0 Å². The molecule has 1 aliphatic heterocycles. The summed E-state index contributed by atoms with van der Waals surface area (Å²) in [5.41, 5.74) is 2.66. The first-order valence-corrected chi connectivity index (χ1v) is 7.20.